The molecule has 0 spiro atoms. The largest absolute Gasteiger partial charge is 0.357 e. The standard InChI is InChI=1S/C8H12N2O/c1-2-6-11-8-10-5-3-4-9-7-10/h2-4,7H,1,5-6,8H2. The lowest BCUT2D eigenvalue weighted by molar-refractivity contribution is 0.0921. The molecule has 0 N–H and O–H groups in total. The van der Waals surface area contributed by atoms with Crippen molar-refractivity contribution in [2.45, 2.75) is 0 Å². The van der Waals surface area contributed by atoms with Gasteiger partial charge in [-0.3, -0.25) is 0 Å². The maximum absolute atomic E-state index is 5.20. The first-order valence-corrected chi connectivity index (χ1v) is 3.54. The summed E-state index contributed by atoms with van der Waals surface area (Å²) < 4.78 is 5.20. The van der Waals surface area contributed by atoms with Crippen molar-refractivity contribution in [3.63, 3.8) is 0 Å². The highest BCUT2D eigenvalue weighted by atomic mass is 16.5. The Bertz CT molecular complexity index is 175. The molecular formula is C8H12N2O. The fourth-order valence-corrected chi connectivity index (χ4v) is 0.763. The van der Waals surface area contributed by atoms with Crippen LogP contribution in [0.4, 0.5) is 0 Å². The molecule has 11 heavy (non-hydrogen) atoms. The van der Waals surface area contributed by atoms with Crippen molar-refractivity contribution in [1.82, 2.24) is 4.90 Å². The van der Waals surface area contributed by atoms with Gasteiger partial charge in [-0.25, -0.2) is 4.99 Å². The van der Waals surface area contributed by atoms with Gasteiger partial charge in [-0.05, 0) is 6.08 Å². The Kier molecular flexibility index (Phi) is 3.41. The third-order valence-electron chi connectivity index (χ3n) is 1.25. The van der Waals surface area contributed by atoms with Crippen LogP contribution in [0.3, 0.4) is 0 Å². The van der Waals surface area contributed by atoms with Crippen LogP contribution >= 0.6 is 0 Å². The summed E-state index contributed by atoms with van der Waals surface area (Å²) in [7, 11) is 0. The van der Waals surface area contributed by atoms with Crippen molar-refractivity contribution in [2.75, 3.05) is 19.9 Å². The van der Waals surface area contributed by atoms with E-state index in [1.165, 1.54) is 0 Å². The highest BCUT2D eigenvalue weighted by Crippen LogP contribution is 1.92. The average molecular weight is 152 g/mol. The lowest BCUT2D eigenvalue weighted by Gasteiger charge is -2.18. The van der Waals surface area contributed by atoms with Gasteiger partial charge in [0.2, 0.25) is 0 Å². The number of hydrogen-bond acceptors (Lipinski definition) is 3. The first-order valence-electron chi connectivity index (χ1n) is 3.54. The highest BCUT2D eigenvalue weighted by molar-refractivity contribution is 5.57. The number of hydrogen-bond donors (Lipinski definition) is 0. The molecule has 0 saturated heterocycles. The van der Waals surface area contributed by atoms with Crippen molar-refractivity contribution < 1.29 is 4.74 Å². The van der Waals surface area contributed by atoms with Crippen LogP contribution in [-0.4, -0.2) is 31.1 Å². The van der Waals surface area contributed by atoms with Crippen molar-refractivity contribution in [2.24, 2.45) is 4.99 Å². The Hall–Kier alpha value is -1.09. The molecule has 0 radical (unpaired) electrons. The first-order chi connectivity index (χ1) is 5.43. The normalized spacial score (nSPS) is 15.5. The Morgan fingerprint density at radius 2 is 2.64 bits per heavy atom. The summed E-state index contributed by atoms with van der Waals surface area (Å²) in [6.07, 6.45) is 7.27. The van der Waals surface area contributed by atoms with Crippen LogP contribution in [0.1, 0.15) is 0 Å². The molecular weight excluding hydrogens is 140 g/mol. The quantitative estimate of drug-likeness (QED) is 0.443. The summed E-state index contributed by atoms with van der Waals surface area (Å²) in [5.74, 6) is 0. The Morgan fingerprint density at radius 1 is 1.73 bits per heavy atom. The molecule has 0 saturated carbocycles. The summed E-state index contributed by atoms with van der Waals surface area (Å²) in [4.78, 5) is 5.93. The first kappa shape index (κ1) is 8.01. The van der Waals surface area contributed by atoms with Crippen LogP contribution < -0.4 is 0 Å². The van der Waals surface area contributed by atoms with Crippen molar-refractivity contribution in [3.8, 4) is 0 Å². The summed E-state index contributed by atoms with van der Waals surface area (Å²) in [5.41, 5.74) is 0. The van der Waals surface area contributed by atoms with Crippen molar-refractivity contribution >= 4 is 6.34 Å². The zero-order valence-electron chi connectivity index (χ0n) is 6.44. The summed E-state index contributed by atoms with van der Waals surface area (Å²) in [5, 5.41) is 0. The molecule has 0 atom stereocenters. The third-order valence-corrected chi connectivity index (χ3v) is 1.25. The van der Waals surface area contributed by atoms with E-state index in [0.717, 1.165) is 6.54 Å². The van der Waals surface area contributed by atoms with Crippen molar-refractivity contribution in [3.05, 3.63) is 24.9 Å². The minimum absolute atomic E-state index is 0.583. The number of rotatable bonds is 4. The van der Waals surface area contributed by atoms with Gasteiger partial charge in [0.25, 0.3) is 0 Å². The van der Waals surface area contributed by atoms with Crippen molar-refractivity contribution in [1.29, 1.82) is 0 Å². The molecule has 60 valence electrons. The van der Waals surface area contributed by atoms with Crippen LogP contribution in [-0.2, 0) is 4.74 Å². The predicted octanol–water partition coefficient (Wildman–Crippen LogP) is 1.00. The topological polar surface area (TPSA) is 24.8 Å². The van der Waals surface area contributed by atoms with Crippen LogP contribution in [0.2, 0.25) is 0 Å². The van der Waals surface area contributed by atoms with Gasteiger partial charge < -0.3 is 9.64 Å². The summed E-state index contributed by atoms with van der Waals surface area (Å²) in [6.45, 7) is 5.60. The SMILES string of the molecule is C=CCOCN1C=NC=CC1. The third kappa shape index (κ3) is 3.00. The van der Waals surface area contributed by atoms with E-state index < -0.39 is 0 Å². The molecule has 0 amide bonds. The number of nitrogens with zero attached hydrogens (tertiary/aromatic N) is 2. The van der Waals surface area contributed by atoms with E-state index in [1.807, 2.05) is 11.0 Å². The van der Waals surface area contributed by atoms with Crippen LogP contribution in [0.15, 0.2) is 29.9 Å². The second-order valence-corrected chi connectivity index (χ2v) is 2.21. The van der Waals surface area contributed by atoms with E-state index in [2.05, 4.69) is 11.6 Å². The minimum atomic E-state index is 0.583. The summed E-state index contributed by atoms with van der Waals surface area (Å²) >= 11 is 0. The maximum atomic E-state index is 5.20. The second kappa shape index (κ2) is 4.68. The molecule has 0 unspecified atom stereocenters. The van der Waals surface area contributed by atoms with Gasteiger partial charge in [0, 0.05) is 12.7 Å². The molecule has 1 rings (SSSR count). The Labute approximate surface area is 66.7 Å². The molecule has 1 aliphatic heterocycles. The predicted molar refractivity (Wildman–Crippen MR) is 45.4 cm³/mol. The molecule has 1 aliphatic rings. The monoisotopic (exact) mass is 152 g/mol. The van der Waals surface area contributed by atoms with E-state index in [4.69, 9.17) is 4.74 Å². The maximum Gasteiger partial charge on any atom is 0.120 e. The molecule has 0 aromatic heterocycles. The smallest absolute Gasteiger partial charge is 0.120 e. The van der Waals surface area contributed by atoms with Crippen LogP contribution in [0.5, 0.6) is 0 Å². The molecule has 0 aromatic carbocycles. The zero-order valence-corrected chi connectivity index (χ0v) is 6.44. The molecule has 0 aliphatic carbocycles. The number of ether oxygens (including phenoxy) is 1. The molecule has 0 fully saturated rings. The van der Waals surface area contributed by atoms with E-state index in [1.54, 1.807) is 18.6 Å². The lowest BCUT2D eigenvalue weighted by Crippen LogP contribution is -2.26. The van der Waals surface area contributed by atoms with Gasteiger partial charge in [-0.15, -0.1) is 6.58 Å². The molecule has 1 heterocycles. The second-order valence-electron chi connectivity index (χ2n) is 2.21. The fraction of sp³-hybridized carbons (Fsp3) is 0.375. The summed E-state index contributed by atoms with van der Waals surface area (Å²) in [6, 6.07) is 0. The van der Waals surface area contributed by atoms with E-state index in [0.29, 0.717) is 13.3 Å². The minimum Gasteiger partial charge on any atom is -0.357 e. The van der Waals surface area contributed by atoms with E-state index in [9.17, 15) is 0 Å². The van der Waals surface area contributed by atoms with Gasteiger partial charge in [0.1, 0.15) is 6.73 Å². The lowest BCUT2D eigenvalue weighted by atomic mass is 10.5. The van der Waals surface area contributed by atoms with Gasteiger partial charge in [-0.2, -0.15) is 0 Å². The van der Waals surface area contributed by atoms with E-state index >= 15 is 0 Å². The fourth-order valence-electron chi connectivity index (χ4n) is 0.763. The Balaban J connectivity index is 2.12. The van der Waals surface area contributed by atoms with Gasteiger partial charge in [0.05, 0.1) is 12.9 Å². The van der Waals surface area contributed by atoms with Gasteiger partial charge >= 0.3 is 0 Å². The van der Waals surface area contributed by atoms with Crippen LogP contribution in [0, 0.1) is 0 Å². The Morgan fingerprint density at radius 3 is 3.27 bits per heavy atom. The molecule has 0 aromatic rings. The van der Waals surface area contributed by atoms with Gasteiger partial charge in [0.15, 0.2) is 0 Å². The molecule has 3 nitrogen and oxygen atoms in total. The van der Waals surface area contributed by atoms with E-state index in [-0.39, 0.29) is 0 Å². The molecule has 3 heteroatoms. The van der Waals surface area contributed by atoms with Crippen LogP contribution in [0.25, 0.3) is 0 Å². The molecule has 0 bridgehead atoms. The van der Waals surface area contributed by atoms with Gasteiger partial charge in [-0.1, -0.05) is 6.08 Å². The highest BCUT2D eigenvalue weighted by Gasteiger charge is 1.97. The number of aliphatic imine (C=N–C) groups is 1. The average Bonchev–Trinajstić information content (AvgIpc) is 2.07. The zero-order chi connectivity index (χ0) is 7.94.